The van der Waals surface area contributed by atoms with Gasteiger partial charge >= 0.3 is 12.1 Å². The molecule has 5 heterocycles. The van der Waals surface area contributed by atoms with E-state index >= 15 is 0 Å². The molecule has 15 heteroatoms. The van der Waals surface area contributed by atoms with Crippen LogP contribution in [-0.4, -0.2) is 54.8 Å². The first-order valence-corrected chi connectivity index (χ1v) is 14.1. The summed E-state index contributed by atoms with van der Waals surface area (Å²) in [7, 11) is 0. The zero-order valence-electron chi connectivity index (χ0n) is 23.2. The lowest BCUT2D eigenvalue weighted by Crippen LogP contribution is -2.36. The monoisotopic (exact) mass is 637 g/mol. The van der Waals surface area contributed by atoms with Gasteiger partial charge in [-0.15, -0.1) is 0 Å². The standard InChI is InChI=1S/C29H25ClF5N5O4/c1-14-25-15(8-19(29(33,34)35)27(38-25)44-13-18-20(31)9-16(30)10-21(18)32)4-6-39(14)12-24-36-22-2-3-23(28(41)42)37-26(22)40(24)11-17-5-7-43-17/h2-3,8-10,14,17H,4-7,11-13H2,1H3,(H,41,42)/t14-,17-/m0/s1. The summed E-state index contributed by atoms with van der Waals surface area (Å²) in [5.41, 5.74) is -0.255. The molecule has 0 aliphatic carbocycles. The molecule has 232 valence electrons. The summed E-state index contributed by atoms with van der Waals surface area (Å²) < 4.78 is 83.4. The highest BCUT2D eigenvalue weighted by molar-refractivity contribution is 6.30. The Labute approximate surface area is 252 Å². The maximum atomic E-state index is 14.3. The fourth-order valence-electron chi connectivity index (χ4n) is 5.42. The molecule has 0 radical (unpaired) electrons. The molecule has 0 saturated carbocycles. The van der Waals surface area contributed by atoms with Crippen molar-refractivity contribution in [2.24, 2.45) is 0 Å². The Kier molecular flexibility index (Phi) is 7.92. The lowest BCUT2D eigenvalue weighted by Gasteiger charge is -2.35. The first-order chi connectivity index (χ1) is 20.9. The highest BCUT2D eigenvalue weighted by Gasteiger charge is 2.39. The Hall–Kier alpha value is -3.88. The number of imidazole rings is 1. The van der Waals surface area contributed by atoms with E-state index in [0.717, 1.165) is 24.6 Å². The first kappa shape index (κ1) is 30.2. The number of carboxylic acid groups (broad SMARTS) is 1. The quantitative estimate of drug-likeness (QED) is 0.236. The summed E-state index contributed by atoms with van der Waals surface area (Å²) in [5.74, 6) is -3.50. The molecule has 2 aliphatic heterocycles. The third kappa shape index (κ3) is 5.81. The molecule has 9 nitrogen and oxygen atoms in total. The molecule has 44 heavy (non-hydrogen) atoms. The number of carboxylic acids is 1. The Bertz CT molecular complexity index is 1740. The number of alkyl halides is 3. The number of pyridine rings is 2. The highest BCUT2D eigenvalue weighted by atomic mass is 35.5. The number of benzene rings is 1. The van der Waals surface area contributed by atoms with Gasteiger partial charge in [-0.05, 0) is 55.7 Å². The second kappa shape index (κ2) is 11.6. The van der Waals surface area contributed by atoms with Crippen LogP contribution < -0.4 is 4.74 Å². The van der Waals surface area contributed by atoms with Crippen molar-refractivity contribution in [3.8, 4) is 5.88 Å². The molecule has 2 atom stereocenters. The lowest BCUT2D eigenvalue weighted by atomic mass is 9.97. The Morgan fingerprint density at radius 1 is 1.16 bits per heavy atom. The first-order valence-electron chi connectivity index (χ1n) is 13.7. The van der Waals surface area contributed by atoms with Crippen LogP contribution in [0.5, 0.6) is 5.88 Å². The van der Waals surface area contributed by atoms with Crippen molar-refractivity contribution in [3.05, 3.63) is 80.9 Å². The number of hydrogen-bond donors (Lipinski definition) is 1. The number of halogens is 6. The third-order valence-corrected chi connectivity index (χ3v) is 8.11. The van der Waals surface area contributed by atoms with Crippen LogP contribution in [0.3, 0.4) is 0 Å². The van der Waals surface area contributed by atoms with Gasteiger partial charge in [-0.2, -0.15) is 13.2 Å². The summed E-state index contributed by atoms with van der Waals surface area (Å²) in [6, 6.07) is 5.12. The molecule has 4 aromatic rings. The third-order valence-electron chi connectivity index (χ3n) is 7.89. The summed E-state index contributed by atoms with van der Waals surface area (Å²) in [6.45, 7) is 2.61. The fourth-order valence-corrected chi connectivity index (χ4v) is 5.61. The maximum Gasteiger partial charge on any atom is 0.421 e. The van der Waals surface area contributed by atoms with E-state index in [1.807, 2.05) is 9.47 Å². The van der Waals surface area contributed by atoms with Gasteiger partial charge in [0.1, 0.15) is 35.1 Å². The summed E-state index contributed by atoms with van der Waals surface area (Å²) >= 11 is 5.65. The van der Waals surface area contributed by atoms with Crippen molar-refractivity contribution in [1.82, 2.24) is 24.4 Å². The predicted molar refractivity (Wildman–Crippen MR) is 146 cm³/mol. The predicted octanol–water partition coefficient (Wildman–Crippen LogP) is 5.96. The number of fused-ring (bicyclic) bond motifs is 2. The Balaban J connectivity index is 1.31. The van der Waals surface area contributed by atoms with E-state index in [-0.39, 0.29) is 29.8 Å². The van der Waals surface area contributed by atoms with E-state index in [1.54, 1.807) is 13.0 Å². The van der Waals surface area contributed by atoms with Crippen LogP contribution in [0.2, 0.25) is 5.02 Å². The van der Waals surface area contributed by atoms with Gasteiger partial charge in [-0.25, -0.2) is 28.5 Å². The van der Waals surface area contributed by atoms with Crippen LogP contribution in [0.4, 0.5) is 22.0 Å². The van der Waals surface area contributed by atoms with Crippen molar-refractivity contribution >= 4 is 28.7 Å². The van der Waals surface area contributed by atoms with Gasteiger partial charge in [0.15, 0.2) is 11.3 Å². The van der Waals surface area contributed by atoms with Crippen LogP contribution in [0.25, 0.3) is 11.2 Å². The summed E-state index contributed by atoms with van der Waals surface area (Å²) in [5, 5.41) is 9.25. The minimum Gasteiger partial charge on any atom is -0.477 e. The van der Waals surface area contributed by atoms with Gasteiger partial charge < -0.3 is 19.1 Å². The van der Waals surface area contributed by atoms with Crippen molar-refractivity contribution in [1.29, 1.82) is 0 Å². The zero-order chi connectivity index (χ0) is 31.3. The summed E-state index contributed by atoms with van der Waals surface area (Å²) in [6.07, 6.45) is -3.85. The number of rotatable bonds is 8. The Morgan fingerprint density at radius 2 is 1.89 bits per heavy atom. The number of ether oxygens (including phenoxy) is 2. The second-order valence-electron chi connectivity index (χ2n) is 10.7. The molecule has 0 unspecified atom stereocenters. The lowest BCUT2D eigenvalue weighted by molar-refractivity contribution is -0.139. The van der Waals surface area contributed by atoms with Gasteiger partial charge in [0.25, 0.3) is 0 Å². The molecular formula is C29H25ClF5N5O4. The van der Waals surface area contributed by atoms with Crippen molar-refractivity contribution < 1.29 is 41.3 Å². The number of hydrogen-bond acceptors (Lipinski definition) is 7. The second-order valence-corrected chi connectivity index (χ2v) is 11.1. The minimum atomic E-state index is -4.83. The van der Waals surface area contributed by atoms with E-state index in [9.17, 15) is 31.9 Å². The average molecular weight is 638 g/mol. The molecule has 0 amide bonds. The smallest absolute Gasteiger partial charge is 0.421 e. The normalized spacial score (nSPS) is 18.7. The van der Waals surface area contributed by atoms with E-state index in [1.165, 1.54) is 6.07 Å². The number of aromatic nitrogens is 4. The molecular weight excluding hydrogens is 613 g/mol. The van der Waals surface area contributed by atoms with E-state index in [2.05, 4.69) is 9.97 Å². The van der Waals surface area contributed by atoms with Crippen LogP contribution in [0.15, 0.2) is 30.3 Å². The number of aromatic carboxylic acids is 1. The molecule has 1 N–H and O–H groups in total. The fraction of sp³-hybridized carbons (Fsp3) is 0.379. The summed E-state index contributed by atoms with van der Waals surface area (Å²) in [4.78, 5) is 26.8. The van der Waals surface area contributed by atoms with Crippen molar-refractivity contribution in [2.75, 3.05) is 13.2 Å². The molecule has 6 rings (SSSR count). The van der Waals surface area contributed by atoms with Crippen LogP contribution in [-0.2, 0) is 37.0 Å². The Morgan fingerprint density at radius 3 is 2.52 bits per heavy atom. The van der Waals surface area contributed by atoms with Crippen LogP contribution in [0.1, 0.15) is 58.1 Å². The highest BCUT2D eigenvalue weighted by Crippen LogP contribution is 2.40. The van der Waals surface area contributed by atoms with Gasteiger partial charge in [0.2, 0.25) is 5.88 Å². The number of carbonyl (C=O) groups is 1. The SMILES string of the molecule is C[C@H]1c2nc(OCc3c(F)cc(Cl)cc3F)c(C(F)(F)F)cc2CCN1Cc1nc2ccc(C(=O)O)nc2n1C[C@@H]1CCO1. The molecule has 0 spiro atoms. The van der Waals surface area contributed by atoms with Gasteiger partial charge in [-0.3, -0.25) is 4.90 Å². The maximum absolute atomic E-state index is 14.3. The van der Waals surface area contributed by atoms with Crippen LogP contribution in [0, 0.1) is 11.6 Å². The van der Waals surface area contributed by atoms with Crippen molar-refractivity contribution in [2.45, 2.75) is 57.8 Å². The minimum absolute atomic E-state index is 0.0848. The van der Waals surface area contributed by atoms with Crippen LogP contribution >= 0.6 is 11.6 Å². The molecule has 2 aliphatic rings. The number of nitrogens with zero attached hydrogens (tertiary/aromatic N) is 5. The van der Waals surface area contributed by atoms with Gasteiger partial charge in [-0.1, -0.05) is 11.6 Å². The average Bonchev–Trinajstić information content (AvgIpc) is 3.26. The van der Waals surface area contributed by atoms with E-state index in [0.29, 0.717) is 47.9 Å². The zero-order valence-corrected chi connectivity index (χ0v) is 23.9. The topological polar surface area (TPSA) is 103 Å². The molecule has 0 bridgehead atoms. The van der Waals surface area contributed by atoms with E-state index in [4.69, 9.17) is 26.1 Å². The van der Waals surface area contributed by atoms with E-state index < -0.39 is 53.4 Å². The molecule has 1 fully saturated rings. The van der Waals surface area contributed by atoms with Gasteiger partial charge in [0.05, 0.1) is 36.5 Å². The molecule has 3 aromatic heterocycles. The molecule has 1 aromatic carbocycles. The van der Waals surface area contributed by atoms with Gasteiger partial charge in [0, 0.05) is 18.2 Å². The molecule has 1 saturated heterocycles. The van der Waals surface area contributed by atoms with Crippen molar-refractivity contribution in [3.63, 3.8) is 0 Å². The largest absolute Gasteiger partial charge is 0.477 e.